The van der Waals surface area contributed by atoms with Crippen molar-refractivity contribution in [3.05, 3.63) is 35.4 Å². The van der Waals surface area contributed by atoms with Crippen LogP contribution in [-0.4, -0.2) is 35.7 Å². The second-order valence-corrected chi connectivity index (χ2v) is 5.25. The lowest BCUT2D eigenvalue weighted by Crippen LogP contribution is -2.35. The Morgan fingerprint density at radius 2 is 1.95 bits per heavy atom. The van der Waals surface area contributed by atoms with E-state index in [0.29, 0.717) is 30.1 Å². The molecule has 0 radical (unpaired) electrons. The lowest BCUT2D eigenvalue weighted by molar-refractivity contribution is 0.0738. The van der Waals surface area contributed by atoms with Crippen LogP contribution in [0.15, 0.2) is 24.3 Å². The number of nitrogens with zero attached hydrogens (tertiary/aromatic N) is 1. The molecule has 2 rings (SSSR count). The van der Waals surface area contributed by atoms with Crippen molar-refractivity contribution in [1.29, 1.82) is 0 Å². The highest BCUT2D eigenvalue weighted by molar-refractivity contribution is 6.07. The van der Waals surface area contributed by atoms with Gasteiger partial charge in [0.2, 0.25) is 0 Å². The molecule has 1 aromatic rings. The van der Waals surface area contributed by atoms with Crippen LogP contribution in [0, 0.1) is 5.92 Å². The zero-order chi connectivity index (χ0) is 14.0. The van der Waals surface area contributed by atoms with Crippen molar-refractivity contribution in [2.24, 2.45) is 11.7 Å². The van der Waals surface area contributed by atoms with Crippen LogP contribution >= 0.6 is 0 Å². The SMILES string of the molecule is CC(=O)c1ccccc1C(=O)N1CC(CN)CC1C. The van der Waals surface area contributed by atoms with Crippen molar-refractivity contribution in [3.63, 3.8) is 0 Å². The smallest absolute Gasteiger partial charge is 0.254 e. The number of amides is 1. The van der Waals surface area contributed by atoms with Crippen LogP contribution in [0.1, 0.15) is 41.0 Å². The summed E-state index contributed by atoms with van der Waals surface area (Å²) in [5.74, 6) is 0.226. The van der Waals surface area contributed by atoms with Crippen LogP contribution in [0.5, 0.6) is 0 Å². The predicted octanol–water partition coefficient (Wildman–Crippen LogP) is 1.70. The maximum Gasteiger partial charge on any atom is 0.254 e. The van der Waals surface area contributed by atoms with Gasteiger partial charge in [0.1, 0.15) is 0 Å². The molecular formula is C15H20N2O2. The maximum atomic E-state index is 12.6. The molecule has 1 heterocycles. The van der Waals surface area contributed by atoms with Crippen molar-refractivity contribution >= 4 is 11.7 Å². The minimum atomic E-state index is -0.0776. The number of hydrogen-bond donors (Lipinski definition) is 1. The van der Waals surface area contributed by atoms with E-state index in [0.717, 1.165) is 6.42 Å². The third-order valence-electron chi connectivity index (χ3n) is 3.79. The van der Waals surface area contributed by atoms with Crippen molar-refractivity contribution in [2.45, 2.75) is 26.3 Å². The number of carbonyl (C=O) groups excluding carboxylic acids is 2. The molecule has 1 fully saturated rings. The summed E-state index contributed by atoms with van der Waals surface area (Å²) in [6.07, 6.45) is 0.935. The first-order valence-electron chi connectivity index (χ1n) is 6.65. The number of likely N-dealkylation sites (tertiary alicyclic amines) is 1. The monoisotopic (exact) mass is 260 g/mol. The minimum absolute atomic E-state index is 0.0609. The van der Waals surface area contributed by atoms with Gasteiger partial charge in [-0.1, -0.05) is 18.2 Å². The quantitative estimate of drug-likeness (QED) is 0.841. The summed E-state index contributed by atoms with van der Waals surface area (Å²) in [6.45, 7) is 4.80. The lowest BCUT2D eigenvalue weighted by Gasteiger charge is -2.22. The molecule has 4 heteroatoms. The molecule has 0 saturated carbocycles. The second kappa shape index (κ2) is 5.53. The number of benzene rings is 1. The van der Waals surface area contributed by atoms with E-state index in [9.17, 15) is 9.59 Å². The highest BCUT2D eigenvalue weighted by Crippen LogP contribution is 2.25. The molecule has 1 aliphatic heterocycles. The van der Waals surface area contributed by atoms with Crippen molar-refractivity contribution in [2.75, 3.05) is 13.1 Å². The number of ketones is 1. The van der Waals surface area contributed by atoms with E-state index < -0.39 is 0 Å². The summed E-state index contributed by atoms with van der Waals surface area (Å²) < 4.78 is 0. The van der Waals surface area contributed by atoms with E-state index in [2.05, 4.69) is 0 Å². The van der Waals surface area contributed by atoms with E-state index >= 15 is 0 Å². The average Bonchev–Trinajstić information content (AvgIpc) is 2.79. The van der Waals surface area contributed by atoms with Gasteiger partial charge in [0.25, 0.3) is 5.91 Å². The molecule has 19 heavy (non-hydrogen) atoms. The Labute approximate surface area is 113 Å². The number of nitrogens with two attached hydrogens (primary N) is 1. The highest BCUT2D eigenvalue weighted by atomic mass is 16.2. The van der Waals surface area contributed by atoms with Gasteiger partial charge in [-0.3, -0.25) is 9.59 Å². The van der Waals surface area contributed by atoms with Crippen LogP contribution < -0.4 is 5.73 Å². The van der Waals surface area contributed by atoms with Gasteiger partial charge in [0.05, 0.1) is 5.56 Å². The summed E-state index contributed by atoms with van der Waals surface area (Å²) >= 11 is 0. The third kappa shape index (κ3) is 2.68. The van der Waals surface area contributed by atoms with Gasteiger partial charge in [0, 0.05) is 18.2 Å². The first-order valence-corrected chi connectivity index (χ1v) is 6.65. The maximum absolute atomic E-state index is 12.6. The van der Waals surface area contributed by atoms with Gasteiger partial charge in [-0.25, -0.2) is 0 Å². The average molecular weight is 260 g/mol. The van der Waals surface area contributed by atoms with E-state index in [1.807, 2.05) is 11.8 Å². The number of hydrogen-bond acceptors (Lipinski definition) is 3. The standard InChI is InChI=1S/C15H20N2O2/c1-10-7-12(8-16)9-17(10)15(19)14-6-4-3-5-13(14)11(2)18/h3-6,10,12H,7-9,16H2,1-2H3. The van der Waals surface area contributed by atoms with Crippen LogP contribution in [0.2, 0.25) is 0 Å². The zero-order valence-electron chi connectivity index (χ0n) is 11.4. The Morgan fingerprint density at radius 1 is 1.32 bits per heavy atom. The summed E-state index contributed by atoms with van der Waals surface area (Å²) in [5, 5.41) is 0. The molecule has 0 aliphatic carbocycles. The van der Waals surface area contributed by atoms with Crippen molar-refractivity contribution in [1.82, 2.24) is 4.90 Å². The summed E-state index contributed by atoms with van der Waals surface area (Å²) in [6, 6.07) is 7.18. The summed E-state index contributed by atoms with van der Waals surface area (Å²) in [4.78, 5) is 26.0. The van der Waals surface area contributed by atoms with Crippen LogP contribution in [0.3, 0.4) is 0 Å². The van der Waals surface area contributed by atoms with Crippen molar-refractivity contribution in [3.8, 4) is 0 Å². The fourth-order valence-electron chi connectivity index (χ4n) is 2.73. The Morgan fingerprint density at radius 3 is 2.47 bits per heavy atom. The molecule has 102 valence electrons. The van der Waals surface area contributed by atoms with Gasteiger partial charge in [-0.05, 0) is 38.8 Å². The molecule has 2 N–H and O–H groups in total. The topological polar surface area (TPSA) is 63.4 Å². The number of carbonyl (C=O) groups is 2. The Kier molecular flexibility index (Phi) is 4.00. The normalized spacial score (nSPS) is 22.6. The van der Waals surface area contributed by atoms with E-state index in [4.69, 9.17) is 5.73 Å². The van der Waals surface area contributed by atoms with Crippen LogP contribution in [-0.2, 0) is 0 Å². The summed E-state index contributed by atoms with van der Waals surface area (Å²) in [5.41, 5.74) is 6.68. The zero-order valence-corrected chi connectivity index (χ0v) is 11.4. The number of rotatable bonds is 3. The lowest BCUT2D eigenvalue weighted by atomic mass is 10.0. The first-order chi connectivity index (χ1) is 9.04. The van der Waals surface area contributed by atoms with Gasteiger partial charge < -0.3 is 10.6 Å². The van der Waals surface area contributed by atoms with E-state index in [-0.39, 0.29) is 17.7 Å². The Balaban J connectivity index is 2.28. The molecular weight excluding hydrogens is 240 g/mol. The van der Waals surface area contributed by atoms with E-state index in [1.54, 1.807) is 24.3 Å². The second-order valence-electron chi connectivity index (χ2n) is 5.25. The van der Waals surface area contributed by atoms with Gasteiger partial charge >= 0.3 is 0 Å². The largest absolute Gasteiger partial charge is 0.336 e. The molecule has 4 nitrogen and oxygen atoms in total. The van der Waals surface area contributed by atoms with Gasteiger partial charge in [-0.2, -0.15) is 0 Å². The van der Waals surface area contributed by atoms with Crippen LogP contribution in [0.25, 0.3) is 0 Å². The predicted molar refractivity (Wildman–Crippen MR) is 74.1 cm³/mol. The molecule has 0 bridgehead atoms. The van der Waals surface area contributed by atoms with Crippen molar-refractivity contribution < 1.29 is 9.59 Å². The fourth-order valence-corrected chi connectivity index (χ4v) is 2.73. The molecule has 1 saturated heterocycles. The molecule has 2 atom stereocenters. The highest BCUT2D eigenvalue weighted by Gasteiger charge is 2.33. The molecule has 1 aromatic carbocycles. The third-order valence-corrected chi connectivity index (χ3v) is 3.79. The first kappa shape index (κ1) is 13.7. The Bertz CT molecular complexity index is 499. The fraction of sp³-hybridized carbons (Fsp3) is 0.467. The van der Waals surface area contributed by atoms with E-state index in [1.165, 1.54) is 6.92 Å². The Hall–Kier alpha value is -1.68. The molecule has 0 aromatic heterocycles. The summed E-state index contributed by atoms with van der Waals surface area (Å²) in [7, 11) is 0. The molecule has 1 amide bonds. The molecule has 2 unspecified atom stereocenters. The minimum Gasteiger partial charge on any atom is -0.336 e. The number of Topliss-reactive ketones (excluding diaryl/α,β-unsaturated/α-hetero) is 1. The van der Waals surface area contributed by atoms with Crippen LogP contribution in [0.4, 0.5) is 0 Å². The van der Waals surface area contributed by atoms with Gasteiger partial charge in [0.15, 0.2) is 5.78 Å². The van der Waals surface area contributed by atoms with Gasteiger partial charge in [-0.15, -0.1) is 0 Å². The molecule has 1 aliphatic rings. The molecule has 0 spiro atoms.